The number of unbranched alkanes of at least 4 members (excludes halogenated alkanes) is 32. The van der Waals surface area contributed by atoms with Crippen molar-refractivity contribution in [3.8, 4) is 0 Å². The molecular formula is C68H118O6. The van der Waals surface area contributed by atoms with E-state index in [1.54, 1.807) is 0 Å². The van der Waals surface area contributed by atoms with E-state index < -0.39 is 6.10 Å². The van der Waals surface area contributed by atoms with Crippen LogP contribution in [0.2, 0.25) is 0 Å². The topological polar surface area (TPSA) is 78.9 Å². The number of carbonyl (C=O) groups excluding carboxylic acids is 3. The van der Waals surface area contributed by atoms with Crippen molar-refractivity contribution >= 4 is 17.9 Å². The van der Waals surface area contributed by atoms with Crippen LogP contribution in [0.5, 0.6) is 0 Å². The van der Waals surface area contributed by atoms with Crippen molar-refractivity contribution in [3.05, 3.63) is 85.1 Å². The second-order valence-electron chi connectivity index (χ2n) is 21.0. The minimum atomic E-state index is -0.777. The van der Waals surface area contributed by atoms with E-state index in [0.717, 1.165) is 109 Å². The Morgan fingerprint density at radius 3 is 0.824 bits per heavy atom. The first-order valence-corrected chi connectivity index (χ1v) is 31.6. The molecule has 1 atom stereocenters. The predicted molar refractivity (Wildman–Crippen MR) is 321 cm³/mol. The molecule has 0 aliphatic rings. The lowest BCUT2D eigenvalue weighted by Crippen LogP contribution is -2.30. The van der Waals surface area contributed by atoms with Gasteiger partial charge in [0.2, 0.25) is 0 Å². The van der Waals surface area contributed by atoms with Gasteiger partial charge in [0.1, 0.15) is 13.2 Å². The van der Waals surface area contributed by atoms with Gasteiger partial charge in [-0.05, 0) is 77.0 Å². The van der Waals surface area contributed by atoms with Crippen molar-refractivity contribution in [3.63, 3.8) is 0 Å². The molecule has 0 amide bonds. The Kier molecular flexibility index (Phi) is 59.3. The molecule has 426 valence electrons. The summed E-state index contributed by atoms with van der Waals surface area (Å²) in [5.74, 6) is -0.877. The van der Waals surface area contributed by atoms with Crippen LogP contribution in [-0.4, -0.2) is 37.2 Å². The minimum Gasteiger partial charge on any atom is -0.462 e. The zero-order valence-corrected chi connectivity index (χ0v) is 48.8. The summed E-state index contributed by atoms with van der Waals surface area (Å²) in [6, 6.07) is 0. The lowest BCUT2D eigenvalue weighted by Gasteiger charge is -2.18. The largest absolute Gasteiger partial charge is 0.462 e. The van der Waals surface area contributed by atoms with Crippen LogP contribution in [0.15, 0.2) is 85.1 Å². The van der Waals surface area contributed by atoms with E-state index in [9.17, 15) is 14.4 Å². The van der Waals surface area contributed by atoms with E-state index >= 15 is 0 Å². The highest BCUT2D eigenvalue weighted by molar-refractivity contribution is 5.71. The maximum atomic E-state index is 12.9. The molecule has 0 N–H and O–H groups in total. The van der Waals surface area contributed by atoms with Gasteiger partial charge in [0, 0.05) is 19.3 Å². The van der Waals surface area contributed by atoms with Gasteiger partial charge >= 0.3 is 17.9 Å². The van der Waals surface area contributed by atoms with Crippen molar-refractivity contribution < 1.29 is 28.6 Å². The molecular weight excluding hydrogens is 913 g/mol. The van der Waals surface area contributed by atoms with Gasteiger partial charge in [-0.15, -0.1) is 0 Å². The summed E-state index contributed by atoms with van der Waals surface area (Å²) in [6.07, 6.45) is 81.7. The summed E-state index contributed by atoms with van der Waals surface area (Å²) in [7, 11) is 0. The molecule has 6 heteroatoms. The van der Waals surface area contributed by atoms with Gasteiger partial charge in [-0.2, -0.15) is 0 Å². The zero-order chi connectivity index (χ0) is 53.6. The molecule has 1 unspecified atom stereocenters. The summed E-state index contributed by atoms with van der Waals surface area (Å²) >= 11 is 0. The lowest BCUT2D eigenvalue weighted by atomic mass is 10.0. The Morgan fingerprint density at radius 1 is 0.284 bits per heavy atom. The number of hydrogen-bond acceptors (Lipinski definition) is 6. The Hall–Kier alpha value is -3.41. The number of rotatable bonds is 57. The molecule has 0 radical (unpaired) electrons. The average molecular weight is 1030 g/mol. The highest BCUT2D eigenvalue weighted by Crippen LogP contribution is 2.17. The van der Waals surface area contributed by atoms with Gasteiger partial charge in [0.05, 0.1) is 0 Å². The van der Waals surface area contributed by atoms with E-state index in [1.807, 2.05) is 0 Å². The fourth-order valence-corrected chi connectivity index (χ4v) is 8.95. The highest BCUT2D eigenvalue weighted by atomic mass is 16.6. The van der Waals surface area contributed by atoms with Gasteiger partial charge in [-0.25, -0.2) is 0 Å². The van der Waals surface area contributed by atoms with Crippen LogP contribution in [0.25, 0.3) is 0 Å². The maximum Gasteiger partial charge on any atom is 0.306 e. The maximum absolute atomic E-state index is 12.9. The first-order chi connectivity index (χ1) is 36.5. The van der Waals surface area contributed by atoms with Crippen molar-refractivity contribution in [2.45, 2.75) is 316 Å². The van der Waals surface area contributed by atoms with Gasteiger partial charge in [-0.3, -0.25) is 14.4 Å². The van der Waals surface area contributed by atoms with Crippen molar-refractivity contribution in [1.82, 2.24) is 0 Å². The fraction of sp³-hybridized carbons (Fsp3) is 0.750. The quantitative estimate of drug-likeness (QED) is 0.0261. The number of ether oxygens (including phenoxy) is 3. The molecule has 0 saturated carbocycles. The second-order valence-corrected chi connectivity index (χ2v) is 21.0. The van der Waals surface area contributed by atoms with E-state index in [4.69, 9.17) is 14.2 Å². The summed E-state index contributed by atoms with van der Waals surface area (Å²) in [5.41, 5.74) is 0. The third kappa shape index (κ3) is 59.5. The minimum absolute atomic E-state index is 0.0757. The van der Waals surface area contributed by atoms with Crippen LogP contribution in [0.3, 0.4) is 0 Å². The van der Waals surface area contributed by atoms with Gasteiger partial charge in [0.25, 0.3) is 0 Å². The molecule has 74 heavy (non-hydrogen) atoms. The average Bonchev–Trinajstić information content (AvgIpc) is 3.40. The molecule has 0 spiro atoms. The van der Waals surface area contributed by atoms with Gasteiger partial charge in [0.15, 0.2) is 6.10 Å². The molecule has 0 aromatic rings. The summed E-state index contributed by atoms with van der Waals surface area (Å²) in [4.78, 5) is 38.2. The Morgan fingerprint density at radius 2 is 0.527 bits per heavy atom. The van der Waals surface area contributed by atoms with Gasteiger partial charge in [-0.1, -0.05) is 298 Å². The van der Waals surface area contributed by atoms with Crippen molar-refractivity contribution in [2.75, 3.05) is 13.2 Å². The molecule has 0 aromatic carbocycles. The van der Waals surface area contributed by atoms with Crippen LogP contribution >= 0.6 is 0 Å². The molecule has 0 rings (SSSR count). The van der Waals surface area contributed by atoms with E-state index in [2.05, 4.69) is 106 Å². The lowest BCUT2D eigenvalue weighted by molar-refractivity contribution is -0.167. The van der Waals surface area contributed by atoms with E-state index in [0.29, 0.717) is 19.3 Å². The first kappa shape index (κ1) is 70.6. The number of carbonyl (C=O) groups is 3. The molecule has 0 bridgehead atoms. The number of esters is 3. The Labute approximate surface area is 458 Å². The van der Waals surface area contributed by atoms with Gasteiger partial charge < -0.3 is 14.2 Å². The summed E-state index contributed by atoms with van der Waals surface area (Å²) < 4.78 is 16.9. The first-order valence-electron chi connectivity index (χ1n) is 31.6. The molecule has 0 aliphatic heterocycles. The number of hydrogen-bond donors (Lipinski definition) is 0. The van der Waals surface area contributed by atoms with Crippen LogP contribution < -0.4 is 0 Å². The smallest absolute Gasteiger partial charge is 0.306 e. The number of allylic oxidation sites excluding steroid dienone is 14. The molecule has 0 saturated heterocycles. The third-order valence-corrected chi connectivity index (χ3v) is 13.7. The fourth-order valence-electron chi connectivity index (χ4n) is 8.95. The highest BCUT2D eigenvalue weighted by Gasteiger charge is 2.19. The third-order valence-electron chi connectivity index (χ3n) is 13.7. The molecule has 0 aromatic heterocycles. The van der Waals surface area contributed by atoms with E-state index in [-0.39, 0.29) is 31.1 Å². The molecule has 6 nitrogen and oxygen atoms in total. The predicted octanol–water partition coefficient (Wildman–Crippen LogP) is 21.5. The SMILES string of the molecule is CC/C=C\C/C=C\C/C=C\C/C=C\C/C=C\C/C=C\C/C=C\CCCCCCCCCC(=O)OCC(COC(=O)CCCCCCCCCCC)OC(=O)CCCCCCCCCCCCCCCCCCCC. The Balaban J connectivity index is 4.22. The van der Waals surface area contributed by atoms with Crippen LogP contribution in [0.1, 0.15) is 310 Å². The van der Waals surface area contributed by atoms with Crippen LogP contribution in [0, 0.1) is 0 Å². The molecule has 0 heterocycles. The zero-order valence-electron chi connectivity index (χ0n) is 48.8. The summed E-state index contributed by atoms with van der Waals surface area (Å²) in [5, 5.41) is 0. The van der Waals surface area contributed by atoms with Crippen LogP contribution in [-0.2, 0) is 28.6 Å². The monoisotopic (exact) mass is 1030 g/mol. The van der Waals surface area contributed by atoms with Crippen molar-refractivity contribution in [2.24, 2.45) is 0 Å². The molecule has 0 fully saturated rings. The second kappa shape index (κ2) is 62.1. The van der Waals surface area contributed by atoms with Crippen molar-refractivity contribution in [1.29, 1.82) is 0 Å². The molecule has 0 aliphatic carbocycles. The van der Waals surface area contributed by atoms with Crippen LogP contribution in [0.4, 0.5) is 0 Å². The van der Waals surface area contributed by atoms with E-state index in [1.165, 1.54) is 161 Å². The standard InChI is InChI=1S/C68H118O6/c1-4-7-10-13-16-19-21-23-25-27-29-30-31-32-33-34-35-36-37-38-39-41-42-44-46-49-52-55-58-61-67(70)73-64-65(63-72-66(69)60-57-54-51-48-18-15-12-9-6-3)74-68(71)62-59-56-53-50-47-45-43-40-28-26-24-22-20-17-14-11-8-5-2/h7,10,16,19,23,25,29-30,32-33,35-36,38-39,65H,4-6,8-9,11-15,17-18,20-22,24,26-28,31,34,37,40-64H2,1-3H3/b10-7-,19-16-,25-23-,30-29-,33-32-,36-35-,39-38-. The summed E-state index contributed by atoms with van der Waals surface area (Å²) in [6.45, 7) is 6.53. The Bertz CT molecular complexity index is 1420. The normalized spacial score (nSPS) is 12.6.